The van der Waals surface area contributed by atoms with Gasteiger partial charge < -0.3 is 36.3 Å². The fraction of sp³-hybridized carbons (Fsp3) is 0.464. The van der Waals surface area contributed by atoms with Gasteiger partial charge in [0.2, 0.25) is 17.7 Å². The van der Waals surface area contributed by atoms with E-state index in [4.69, 9.17) is 0 Å². The maximum absolute atomic E-state index is 13.5. The minimum absolute atomic E-state index is 0.0513. The fourth-order valence-electron chi connectivity index (χ4n) is 4.94. The number of hydrogen-bond donors (Lipinski definition) is 7. The Morgan fingerprint density at radius 2 is 1.82 bits per heavy atom. The van der Waals surface area contributed by atoms with E-state index in [2.05, 4.69) is 36.2 Å². The van der Waals surface area contributed by atoms with Crippen LogP contribution < -0.4 is 21.3 Å². The zero-order valence-corrected chi connectivity index (χ0v) is 22.7. The van der Waals surface area contributed by atoms with Gasteiger partial charge in [0.1, 0.15) is 18.1 Å². The van der Waals surface area contributed by atoms with Gasteiger partial charge in [0, 0.05) is 41.8 Å². The van der Waals surface area contributed by atoms with Crippen LogP contribution in [0, 0.1) is 5.92 Å². The van der Waals surface area contributed by atoms with Gasteiger partial charge in [-0.25, -0.2) is 9.78 Å². The van der Waals surface area contributed by atoms with E-state index < -0.39 is 35.9 Å². The van der Waals surface area contributed by atoms with E-state index in [1.165, 1.54) is 12.5 Å². The van der Waals surface area contributed by atoms with Crippen molar-refractivity contribution in [1.29, 1.82) is 0 Å². The Balaban J connectivity index is 1.50. The number of benzene rings is 1. The molecule has 7 N–H and O–H groups in total. The van der Waals surface area contributed by atoms with Crippen molar-refractivity contribution >= 4 is 34.6 Å². The molecule has 3 amide bonds. The topological polar surface area (TPSA) is 181 Å². The molecule has 0 radical (unpaired) electrons. The summed E-state index contributed by atoms with van der Waals surface area (Å²) in [6.07, 6.45) is 7.03. The first-order chi connectivity index (χ1) is 19.3. The lowest BCUT2D eigenvalue weighted by Gasteiger charge is -2.28. The lowest BCUT2D eigenvalue weighted by atomic mass is 9.97. The van der Waals surface area contributed by atoms with Crippen LogP contribution in [0.4, 0.5) is 0 Å². The van der Waals surface area contributed by atoms with Gasteiger partial charge in [0.15, 0.2) is 0 Å². The van der Waals surface area contributed by atoms with Crippen molar-refractivity contribution in [1.82, 2.24) is 36.2 Å². The monoisotopic (exact) mass is 551 g/mol. The van der Waals surface area contributed by atoms with Crippen molar-refractivity contribution in [2.45, 2.75) is 70.1 Å². The summed E-state index contributed by atoms with van der Waals surface area (Å²) >= 11 is 0. The second-order valence-electron chi connectivity index (χ2n) is 10.3. The first-order valence-corrected chi connectivity index (χ1v) is 13.7. The number of carbonyl (C=O) groups excluding carboxylic acids is 3. The largest absolute Gasteiger partial charge is 0.480 e. The Morgan fingerprint density at radius 1 is 1.05 bits per heavy atom. The molecule has 1 aromatic carbocycles. The molecule has 3 aromatic rings. The predicted octanol–water partition coefficient (Wildman–Crippen LogP) is 1.01. The van der Waals surface area contributed by atoms with Gasteiger partial charge in [-0.05, 0) is 36.9 Å². The molecule has 0 saturated carbocycles. The summed E-state index contributed by atoms with van der Waals surface area (Å²) in [6.45, 7) is 4.52. The van der Waals surface area contributed by atoms with E-state index in [0.29, 0.717) is 18.5 Å². The number of carboxylic acids is 1. The highest BCUT2D eigenvalue weighted by atomic mass is 16.4. The number of carboxylic acid groups (broad SMARTS) is 1. The smallest absolute Gasteiger partial charge is 0.326 e. The highest BCUT2D eigenvalue weighted by Crippen LogP contribution is 2.19. The number of aromatic amines is 2. The molecule has 1 saturated heterocycles. The molecule has 4 rings (SSSR count). The third-order valence-corrected chi connectivity index (χ3v) is 7.50. The lowest BCUT2D eigenvalue weighted by Crippen LogP contribution is -2.59. The molecule has 1 aliphatic rings. The molecule has 0 bridgehead atoms. The molecule has 214 valence electrons. The van der Waals surface area contributed by atoms with Crippen LogP contribution in [0.25, 0.3) is 10.9 Å². The Hall–Kier alpha value is -4.19. The SMILES string of the molecule is CCC(C)C(NC(=O)C1CCCN1)C(=O)NC(Cc1cnc[nH]1)C(=O)NC(Cc1c[nH]c2ccccc12)C(=O)O. The van der Waals surface area contributed by atoms with Crippen molar-refractivity contribution in [3.05, 3.63) is 54.2 Å². The van der Waals surface area contributed by atoms with Crippen LogP contribution in [-0.2, 0) is 32.0 Å². The van der Waals surface area contributed by atoms with E-state index >= 15 is 0 Å². The van der Waals surface area contributed by atoms with Crippen molar-refractivity contribution < 1.29 is 24.3 Å². The molecule has 0 aliphatic carbocycles. The number of nitrogens with zero attached hydrogens (tertiary/aromatic N) is 1. The summed E-state index contributed by atoms with van der Waals surface area (Å²) in [6, 6.07) is 3.95. The second-order valence-corrected chi connectivity index (χ2v) is 10.3. The fourth-order valence-corrected chi connectivity index (χ4v) is 4.94. The van der Waals surface area contributed by atoms with E-state index in [1.54, 1.807) is 6.20 Å². The molecule has 5 unspecified atom stereocenters. The summed E-state index contributed by atoms with van der Waals surface area (Å²) in [5, 5.41) is 22.2. The number of aromatic nitrogens is 3. The molecule has 2 aromatic heterocycles. The van der Waals surface area contributed by atoms with Gasteiger partial charge in [-0.2, -0.15) is 0 Å². The molecule has 0 spiro atoms. The number of para-hydroxylation sites is 1. The number of H-pyrrole nitrogens is 2. The van der Waals surface area contributed by atoms with Gasteiger partial charge in [0.25, 0.3) is 0 Å². The number of amides is 3. The maximum atomic E-state index is 13.5. The first-order valence-electron chi connectivity index (χ1n) is 13.7. The van der Waals surface area contributed by atoms with Gasteiger partial charge in [-0.3, -0.25) is 14.4 Å². The molecule has 1 aliphatic heterocycles. The van der Waals surface area contributed by atoms with Crippen molar-refractivity contribution in [3.63, 3.8) is 0 Å². The lowest BCUT2D eigenvalue weighted by molar-refractivity contribution is -0.142. The normalized spacial score (nSPS) is 18.0. The predicted molar refractivity (Wildman–Crippen MR) is 148 cm³/mol. The van der Waals surface area contributed by atoms with Crippen LogP contribution in [0.1, 0.15) is 44.4 Å². The van der Waals surface area contributed by atoms with Crippen molar-refractivity contribution in [2.75, 3.05) is 6.54 Å². The van der Waals surface area contributed by atoms with Gasteiger partial charge in [-0.1, -0.05) is 38.5 Å². The van der Waals surface area contributed by atoms with Crippen LogP contribution in [0.15, 0.2) is 43.0 Å². The third-order valence-electron chi connectivity index (χ3n) is 7.50. The van der Waals surface area contributed by atoms with E-state index in [9.17, 15) is 24.3 Å². The third kappa shape index (κ3) is 7.06. The average molecular weight is 552 g/mol. The standard InChI is InChI=1S/C28H37N7O5/c1-3-16(2)24(35-25(36)21-9-6-10-30-21)27(38)33-22(12-18-14-29-15-32-18)26(37)34-23(28(39)40)11-17-13-31-20-8-5-4-7-19(17)20/h4-5,7-8,13-16,21-24,30-31H,3,6,9-12H2,1-2H3,(H,29,32)(H,33,38)(H,34,37)(H,35,36)(H,39,40). The Labute approximate surface area is 232 Å². The van der Waals surface area contributed by atoms with Crippen LogP contribution in [0.3, 0.4) is 0 Å². The van der Waals surface area contributed by atoms with Crippen LogP contribution in [0.2, 0.25) is 0 Å². The highest BCUT2D eigenvalue weighted by molar-refractivity contribution is 5.94. The molecular weight excluding hydrogens is 514 g/mol. The van der Waals surface area contributed by atoms with Crippen molar-refractivity contribution in [2.24, 2.45) is 5.92 Å². The molecule has 3 heterocycles. The van der Waals surface area contributed by atoms with E-state index in [0.717, 1.165) is 29.4 Å². The molecule has 12 heteroatoms. The summed E-state index contributed by atoms with van der Waals surface area (Å²) in [5.74, 6) is -2.81. The zero-order chi connectivity index (χ0) is 28.6. The quantitative estimate of drug-likeness (QED) is 0.165. The summed E-state index contributed by atoms with van der Waals surface area (Å²) < 4.78 is 0. The number of nitrogens with one attached hydrogen (secondary N) is 6. The molecule has 5 atom stereocenters. The zero-order valence-electron chi connectivity index (χ0n) is 22.7. The van der Waals surface area contributed by atoms with Crippen LogP contribution in [0.5, 0.6) is 0 Å². The number of imidazole rings is 1. The molecule has 12 nitrogen and oxygen atoms in total. The summed E-state index contributed by atoms with van der Waals surface area (Å²) in [7, 11) is 0. The van der Waals surface area contributed by atoms with E-state index in [-0.39, 0.29) is 30.7 Å². The molecule has 40 heavy (non-hydrogen) atoms. The second kappa shape index (κ2) is 13.2. The number of carbonyl (C=O) groups is 4. The maximum Gasteiger partial charge on any atom is 0.326 e. The highest BCUT2D eigenvalue weighted by Gasteiger charge is 2.34. The average Bonchev–Trinajstić information content (AvgIpc) is 3.73. The van der Waals surface area contributed by atoms with Gasteiger partial charge >= 0.3 is 5.97 Å². The molecule has 1 fully saturated rings. The Morgan fingerprint density at radius 3 is 2.50 bits per heavy atom. The van der Waals surface area contributed by atoms with E-state index in [1.807, 2.05) is 38.1 Å². The summed E-state index contributed by atoms with van der Waals surface area (Å²) in [5.41, 5.74) is 2.20. The van der Waals surface area contributed by atoms with Gasteiger partial charge in [0.05, 0.1) is 12.4 Å². The van der Waals surface area contributed by atoms with Crippen molar-refractivity contribution in [3.8, 4) is 0 Å². The first kappa shape index (κ1) is 28.8. The molecular formula is C28H37N7O5. The number of fused-ring (bicyclic) bond motifs is 1. The minimum Gasteiger partial charge on any atom is -0.480 e. The Bertz CT molecular complexity index is 1320. The number of rotatable bonds is 13. The number of hydrogen-bond acceptors (Lipinski definition) is 6. The summed E-state index contributed by atoms with van der Waals surface area (Å²) in [4.78, 5) is 61.9. The number of aliphatic carboxylic acids is 1. The van der Waals surface area contributed by atoms with Gasteiger partial charge in [-0.15, -0.1) is 0 Å². The minimum atomic E-state index is -1.23. The Kier molecular flexibility index (Phi) is 9.54. The van der Waals surface area contributed by atoms with Crippen LogP contribution >= 0.6 is 0 Å². The van der Waals surface area contributed by atoms with Crippen LogP contribution in [-0.4, -0.2) is 74.5 Å².